The number of methoxy groups -OCH3 is 1. The van der Waals surface area contributed by atoms with E-state index in [4.69, 9.17) is 4.74 Å². The molecule has 0 aliphatic rings. The summed E-state index contributed by atoms with van der Waals surface area (Å²) in [4.78, 5) is 25.7. The molecule has 2 amide bonds. The van der Waals surface area contributed by atoms with E-state index in [2.05, 4.69) is 5.32 Å². The molecule has 27 heavy (non-hydrogen) atoms. The van der Waals surface area contributed by atoms with E-state index in [9.17, 15) is 14.0 Å². The first kappa shape index (κ1) is 20.2. The monoisotopic (exact) mass is 370 g/mol. The van der Waals surface area contributed by atoms with Gasteiger partial charge in [-0.2, -0.15) is 0 Å². The molecule has 0 fully saturated rings. The first-order valence-corrected chi connectivity index (χ1v) is 8.59. The van der Waals surface area contributed by atoms with Gasteiger partial charge in [-0.1, -0.05) is 31.2 Å². The summed E-state index contributed by atoms with van der Waals surface area (Å²) in [6.45, 7) is 1.92. The summed E-state index contributed by atoms with van der Waals surface area (Å²) >= 11 is 0. The van der Waals surface area contributed by atoms with Crippen molar-refractivity contribution in [2.24, 2.45) is 0 Å². The minimum atomic E-state index is -0.505. The van der Waals surface area contributed by atoms with Crippen molar-refractivity contribution in [2.45, 2.75) is 13.3 Å². The fourth-order valence-electron chi connectivity index (χ4n) is 2.51. The summed E-state index contributed by atoms with van der Waals surface area (Å²) in [5.41, 5.74) is 2.30. The standard InChI is InChI=1S/C21H23FN2O3/c1-4-16-7-5-6-8-18(16)23-20(25)14-24(2)21(26)12-10-15-9-11-19(27-3)17(22)13-15/h5-13H,4,14H2,1-3H3,(H,23,25)/b12-10+. The summed E-state index contributed by atoms with van der Waals surface area (Å²) < 4.78 is 18.5. The highest BCUT2D eigenvalue weighted by atomic mass is 19.1. The van der Waals surface area contributed by atoms with E-state index in [1.165, 1.54) is 43.3 Å². The van der Waals surface area contributed by atoms with Crippen LogP contribution in [0.3, 0.4) is 0 Å². The zero-order chi connectivity index (χ0) is 19.8. The number of hydrogen-bond donors (Lipinski definition) is 1. The van der Waals surface area contributed by atoms with Crippen LogP contribution in [-0.2, 0) is 16.0 Å². The third-order valence-electron chi connectivity index (χ3n) is 4.02. The van der Waals surface area contributed by atoms with Crippen LogP contribution in [0.1, 0.15) is 18.1 Å². The fraction of sp³-hybridized carbons (Fsp3) is 0.238. The molecule has 0 saturated carbocycles. The van der Waals surface area contributed by atoms with Gasteiger partial charge in [-0.05, 0) is 41.8 Å². The summed E-state index contributed by atoms with van der Waals surface area (Å²) in [5.74, 6) is -1.00. The Balaban J connectivity index is 1.94. The molecule has 0 radical (unpaired) electrons. The normalized spacial score (nSPS) is 10.7. The molecule has 2 aromatic rings. The number of carbonyl (C=O) groups is 2. The van der Waals surface area contributed by atoms with Crippen LogP contribution in [0.4, 0.5) is 10.1 Å². The van der Waals surface area contributed by atoms with Crippen molar-refractivity contribution in [3.8, 4) is 5.75 Å². The molecule has 0 aliphatic carbocycles. The van der Waals surface area contributed by atoms with Crippen LogP contribution in [0.2, 0.25) is 0 Å². The Bertz CT molecular complexity index is 849. The van der Waals surface area contributed by atoms with Gasteiger partial charge in [0.1, 0.15) is 0 Å². The SMILES string of the molecule is CCc1ccccc1NC(=O)CN(C)C(=O)/C=C/c1ccc(OC)c(F)c1. The molecule has 0 bridgehead atoms. The van der Waals surface area contributed by atoms with Gasteiger partial charge in [-0.15, -0.1) is 0 Å². The molecule has 0 unspecified atom stereocenters. The highest BCUT2D eigenvalue weighted by Crippen LogP contribution is 2.18. The van der Waals surface area contributed by atoms with Crippen LogP contribution in [0.15, 0.2) is 48.5 Å². The second-order valence-corrected chi connectivity index (χ2v) is 5.98. The average Bonchev–Trinajstić information content (AvgIpc) is 2.66. The molecule has 0 atom stereocenters. The van der Waals surface area contributed by atoms with Crippen molar-refractivity contribution in [1.29, 1.82) is 0 Å². The van der Waals surface area contributed by atoms with E-state index >= 15 is 0 Å². The van der Waals surface area contributed by atoms with Crippen molar-refractivity contribution in [2.75, 3.05) is 26.0 Å². The Morgan fingerprint density at radius 1 is 1.22 bits per heavy atom. The predicted molar refractivity (Wildman–Crippen MR) is 104 cm³/mol. The van der Waals surface area contributed by atoms with Gasteiger partial charge in [0.05, 0.1) is 13.7 Å². The Hall–Kier alpha value is -3.15. The zero-order valence-electron chi connectivity index (χ0n) is 15.7. The van der Waals surface area contributed by atoms with E-state index in [0.717, 1.165) is 17.7 Å². The highest BCUT2D eigenvalue weighted by Gasteiger charge is 2.12. The Morgan fingerprint density at radius 2 is 1.96 bits per heavy atom. The Morgan fingerprint density at radius 3 is 2.63 bits per heavy atom. The third kappa shape index (κ3) is 5.67. The van der Waals surface area contributed by atoms with E-state index in [-0.39, 0.29) is 24.1 Å². The van der Waals surface area contributed by atoms with Gasteiger partial charge in [0.15, 0.2) is 11.6 Å². The number of likely N-dealkylation sites (N-methyl/N-ethyl adjacent to an activating group) is 1. The van der Waals surface area contributed by atoms with Crippen LogP contribution in [0.5, 0.6) is 5.75 Å². The maximum absolute atomic E-state index is 13.7. The lowest BCUT2D eigenvalue weighted by atomic mass is 10.1. The second-order valence-electron chi connectivity index (χ2n) is 5.98. The van der Waals surface area contributed by atoms with Gasteiger partial charge < -0.3 is 15.0 Å². The maximum atomic E-state index is 13.7. The predicted octanol–water partition coefficient (Wildman–Crippen LogP) is 3.51. The molecule has 142 valence electrons. The van der Waals surface area contributed by atoms with Crippen molar-refractivity contribution in [3.63, 3.8) is 0 Å². The summed E-state index contributed by atoms with van der Waals surface area (Å²) in [6, 6.07) is 11.9. The quantitative estimate of drug-likeness (QED) is 0.759. The number of anilines is 1. The highest BCUT2D eigenvalue weighted by molar-refractivity contribution is 5.98. The number of nitrogens with one attached hydrogen (secondary N) is 1. The molecule has 2 aromatic carbocycles. The molecular formula is C21H23FN2O3. The number of aryl methyl sites for hydroxylation is 1. The molecular weight excluding hydrogens is 347 g/mol. The van der Waals surface area contributed by atoms with Crippen LogP contribution >= 0.6 is 0 Å². The molecule has 2 rings (SSSR count). The van der Waals surface area contributed by atoms with Crippen molar-refractivity contribution in [3.05, 3.63) is 65.5 Å². The lowest BCUT2D eigenvalue weighted by Crippen LogP contribution is -2.34. The maximum Gasteiger partial charge on any atom is 0.246 e. The topological polar surface area (TPSA) is 58.6 Å². The number of carbonyl (C=O) groups excluding carboxylic acids is 2. The molecule has 5 nitrogen and oxygen atoms in total. The summed E-state index contributed by atoms with van der Waals surface area (Å²) in [6.07, 6.45) is 3.59. The minimum Gasteiger partial charge on any atom is -0.494 e. The molecule has 0 aromatic heterocycles. The lowest BCUT2D eigenvalue weighted by molar-refractivity contribution is -0.129. The molecule has 0 saturated heterocycles. The Labute approximate surface area is 158 Å². The van der Waals surface area contributed by atoms with Crippen LogP contribution in [0.25, 0.3) is 6.08 Å². The third-order valence-corrected chi connectivity index (χ3v) is 4.02. The lowest BCUT2D eigenvalue weighted by Gasteiger charge is -2.16. The smallest absolute Gasteiger partial charge is 0.246 e. The molecule has 0 spiro atoms. The summed E-state index contributed by atoms with van der Waals surface area (Å²) in [5, 5.41) is 2.82. The summed E-state index contributed by atoms with van der Waals surface area (Å²) in [7, 11) is 2.92. The van der Waals surface area contributed by atoms with E-state index in [1.54, 1.807) is 6.07 Å². The molecule has 1 N–H and O–H groups in total. The van der Waals surface area contributed by atoms with E-state index in [1.807, 2.05) is 31.2 Å². The van der Waals surface area contributed by atoms with Gasteiger partial charge in [0.2, 0.25) is 11.8 Å². The first-order chi connectivity index (χ1) is 12.9. The molecule has 0 heterocycles. The van der Waals surface area contributed by atoms with Gasteiger partial charge in [0, 0.05) is 18.8 Å². The molecule has 0 aliphatic heterocycles. The van der Waals surface area contributed by atoms with Crippen LogP contribution in [-0.4, -0.2) is 37.4 Å². The molecule has 6 heteroatoms. The van der Waals surface area contributed by atoms with Crippen molar-refractivity contribution < 1.29 is 18.7 Å². The van der Waals surface area contributed by atoms with Gasteiger partial charge >= 0.3 is 0 Å². The van der Waals surface area contributed by atoms with Crippen molar-refractivity contribution >= 4 is 23.6 Å². The number of hydrogen-bond acceptors (Lipinski definition) is 3. The van der Waals surface area contributed by atoms with E-state index < -0.39 is 5.82 Å². The minimum absolute atomic E-state index is 0.0851. The largest absolute Gasteiger partial charge is 0.494 e. The number of para-hydroxylation sites is 1. The van der Waals surface area contributed by atoms with Gasteiger partial charge in [-0.25, -0.2) is 4.39 Å². The van der Waals surface area contributed by atoms with Crippen molar-refractivity contribution in [1.82, 2.24) is 4.90 Å². The number of rotatable bonds is 7. The van der Waals surface area contributed by atoms with Crippen LogP contribution < -0.4 is 10.1 Å². The van der Waals surface area contributed by atoms with Gasteiger partial charge in [0.25, 0.3) is 0 Å². The first-order valence-electron chi connectivity index (χ1n) is 8.59. The number of benzene rings is 2. The average molecular weight is 370 g/mol. The second kappa shape index (κ2) is 9.52. The number of halogens is 1. The van der Waals surface area contributed by atoms with Gasteiger partial charge in [-0.3, -0.25) is 9.59 Å². The van der Waals surface area contributed by atoms with Crippen LogP contribution in [0, 0.1) is 5.82 Å². The Kier molecular flexibility index (Phi) is 7.11. The number of ether oxygens (including phenoxy) is 1. The number of nitrogens with zero attached hydrogens (tertiary/aromatic N) is 1. The van der Waals surface area contributed by atoms with E-state index in [0.29, 0.717) is 5.56 Å². The number of amides is 2. The zero-order valence-corrected chi connectivity index (χ0v) is 15.7. The fourth-order valence-corrected chi connectivity index (χ4v) is 2.51.